The lowest BCUT2D eigenvalue weighted by atomic mass is 10.2. The highest BCUT2D eigenvalue weighted by atomic mass is 16.5. The molecule has 0 amide bonds. The van der Waals surface area contributed by atoms with Gasteiger partial charge in [-0.05, 0) is 37.2 Å². The van der Waals surface area contributed by atoms with Gasteiger partial charge < -0.3 is 13.9 Å². The van der Waals surface area contributed by atoms with Gasteiger partial charge in [-0.15, -0.1) is 0 Å². The predicted octanol–water partition coefficient (Wildman–Crippen LogP) is 3.97. The molecule has 28 heavy (non-hydrogen) atoms. The number of rotatable bonds is 8. The summed E-state index contributed by atoms with van der Waals surface area (Å²) in [5, 5.41) is 4.76. The standard InChI is InChI=1S/C21H22N4O3/c1-2-3-10-25(13-15-12-19(28-24-15)18-9-6-11-27-18)14-20-22-17-8-5-4-7-16(17)21(26)23-20/h4-9,11-12H,2-3,10,13-14H2,1H3,(H,22,23,26). The number of fused-ring (bicyclic) bond motifs is 1. The molecular formula is C21H22N4O3. The first-order valence-electron chi connectivity index (χ1n) is 9.42. The van der Waals surface area contributed by atoms with E-state index in [4.69, 9.17) is 8.94 Å². The minimum absolute atomic E-state index is 0.113. The Morgan fingerprint density at radius 1 is 1.11 bits per heavy atom. The molecule has 0 aliphatic heterocycles. The van der Waals surface area contributed by atoms with Gasteiger partial charge in [0.05, 0.1) is 29.4 Å². The largest absolute Gasteiger partial charge is 0.461 e. The van der Waals surface area contributed by atoms with Gasteiger partial charge in [0.2, 0.25) is 5.76 Å². The van der Waals surface area contributed by atoms with Crippen LogP contribution in [0.2, 0.25) is 0 Å². The third-order valence-electron chi connectivity index (χ3n) is 4.57. The van der Waals surface area contributed by atoms with E-state index in [1.807, 2.05) is 36.4 Å². The minimum atomic E-state index is -0.113. The number of furan rings is 1. The fourth-order valence-electron chi connectivity index (χ4n) is 3.17. The van der Waals surface area contributed by atoms with Crippen LogP contribution < -0.4 is 5.56 Å². The van der Waals surface area contributed by atoms with Crippen molar-refractivity contribution in [2.75, 3.05) is 6.54 Å². The molecule has 0 aliphatic rings. The van der Waals surface area contributed by atoms with E-state index >= 15 is 0 Å². The summed E-state index contributed by atoms with van der Waals surface area (Å²) < 4.78 is 10.8. The van der Waals surface area contributed by atoms with Crippen LogP contribution >= 0.6 is 0 Å². The minimum Gasteiger partial charge on any atom is -0.461 e. The number of H-pyrrole nitrogens is 1. The monoisotopic (exact) mass is 378 g/mol. The highest BCUT2D eigenvalue weighted by Gasteiger charge is 2.14. The average Bonchev–Trinajstić information content (AvgIpc) is 3.38. The Labute approximate surface area is 162 Å². The summed E-state index contributed by atoms with van der Waals surface area (Å²) in [6, 6.07) is 12.9. The van der Waals surface area contributed by atoms with Crippen molar-refractivity contribution in [2.45, 2.75) is 32.9 Å². The van der Waals surface area contributed by atoms with Crippen molar-refractivity contribution in [3.63, 3.8) is 0 Å². The van der Waals surface area contributed by atoms with Crippen LogP contribution in [0.15, 0.2) is 62.5 Å². The molecule has 7 heteroatoms. The molecular weight excluding hydrogens is 356 g/mol. The van der Waals surface area contributed by atoms with Crippen molar-refractivity contribution >= 4 is 10.9 Å². The van der Waals surface area contributed by atoms with Crippen molar-refractivity contribution < 1.29 is 8.94 Å². The molecule has 0 spiro atoms. The second kappa shape index (κ2) is 8.22. The van der Waals surface area contributed by atoms with E-state index in [2.05, 4.69) is 26.9 Å². The van der Waals surface area contributed by atoms with E-state index in [1.54, 1.807) is 12.3 Å². The Morgan fingerprint density at radius 2 is 2.00 bits per heavy atom. The van der Waals surface area contributed by atoms with Crippen LogP contribution in [0.1, 0.15) is 31.3 Å². The Hall–Kier alpha value is -3.19. The lowest BCUT2D eigenvalue weighted by Gasteiger charge is -2.20. The van der Waals surface area contributed by atoms with E-state index in [0.717, 1.165) is 25.1 Å². The van der Waals surface area contributed by atoms with E-state index in [-0.39, 0.29) is 5.56 Å². The maximum Gasteiger partial charge on any atom is 0.258 e. The molecule has 0 aliphatic carbocycles. The van der Waals surface area contributed by atoms with Gasteiger partial charge >= 0.3 is 0 Å². The third-order valence-corrected chi connectivity index (χ3v) is 4.57. The van der Waals surface area contributed by atoms with Gasteiger partial charge in [0.25, 0.3) is 5.56 Å². The van der Waals surface area contributed by atoms with Crippen molar-refractivity contribution in [3.05, 3.63) is 70.6 Å². The molecule has 0 fully saturated rings. The highest BCUT2D eigenvalue weighted by Crippen LogP contribution is 2.21. The van der Waals surface area contributed by atoms with Gasteiger partial charge in [-0.2, -0.15) is 0 Å². The first-order chi connectivity index (χ1) is 13.7. The molecule has 1 aromatic carbocycles. The molecule has 0 atom stereocenters. The second-order valence-corrected chi connectivity index (χ2v) is 6.75. The van der Waals surface area contributed by atoms with Gasteiger partial charge in [0.15, 0.2) is 5.76 Å². The van der Waals surface area contributed by atoms with E-state index < -0.39 is 0 Å². The first-order valence-corrected chi connectivity index (χ1v) is 9.42. The topological polar surface area (TPSA) is 88.2 Å². The zero-order valence-corrected chi connectivity index (χ0v) is 15.7. The van der Waals surface area contributed by atoms with Crippen LogP contribution in [0.4, 0.5) is 0 Å². The van der Waals surface area contributed by atoms with Crippen molar-refractivity contribution in [1.82, 2.24) is 20.0 Å². The number of hydrogen-bond donors (Lipinski definition) is 1. The third kappa shape index (κ3) is 4.04. The summed E-state index contributed by atoms with van der Waals surface area (Å²) in [4.78, 5) is 22.1. The summed E-state index contributed by atoms with van der Waals surface area (Å²) in [5.41, 5.74) is 1.40. The molecule has 0 radical (unpaired) electrons. The maximum absolute atomic E-state index is 12.3. The summed E-state index contributed by atoms with van der Waals surface area (Å²) >= 11 is 0. The Balaban J connectivity index is 1.54. The Bertz CT molecular complexity index is 1100. The van der Waals surface area contributed by atoms with Crippen LogP contribution in [-0.2, 0) is 13.1 Å². The lowest BCUT2D eigenvalue weighted by molar-refractivity contribution is 0.238. The summed E-state index contributed by atoms with van der Waals surface area (Å²) in [7, 11) is 0. The van der Waals surface area contributed by atoms with Crippen molar-refractivity contribution in [3.8, 4) is 11.5 Å². The average molecular weight is 378 g/mol. The predicted molar refractivity (Wildman–Crippen MR) is 106 cm³/mol. The van der Waals surface area contributed by atoms with Gasteiger partial charge in [-0.1, -0.05) is 30.6 Å². The Morgan fingerprint density at radius 3 is 2.82 bits per heavy atom. The number of nitrogens with one attached hydrogen (secondary N) is 1. The number of aromatic nitrogens is 3. The number of nitrogens with zero attached hydrogens (tertiary/aromatic N) is 3. The molecule has 3 aromatic heterocycles. The molecule has 0 saturated carbocycles. The van der Waals surface area contributed by atoms with Crippen molar-refractivity contribution in [1.29, 1.82) is 0 Å². The molecule has 0 saturated heterocycles. The van der Waals surface area contributed by atoms with Crippen molar-refractivity contribution in [2.24, 2.45) is 0 Å². The number of benzene rings is 1. The maximum atomic E-state index is 12.3. The fourth-order valence-corrected chi connectivity index (χ4v) is 3.17. The summed E-state index contributed by atoms with van der Waals surface area (Å²) in [5.74, 6) is 1.90. The zero-order chi connectivity index (χ0) is 19.3. The number of aromatic amines is 1. The Kier molecular flexibility index (Phi) is 5.34. The summed E-state index contributed by atoms with van der Waals surface area (Å²) in [6.07, 6.45) is 3.72. The van der Waals surface area contributed by atoms with Gasteiger partial charge in [-0.25, -0.2) is 4.98 Å². The quantitative estimate of drug-likeness (QED) is 0.499. The fraction of sp³-hybridized carbons (Fsp3) is 0.286. The molecule has 4 rings (SSSR count). The van der Waals surface area contributed by atoms with Crippen LogP contribution in [0, 0.1) is 0 Å². The lowest BCUT2D eigenvalue weighted by Crippen LogP contribution is -2.26. The van der Waals surface area contributed by atoms with E-state index in [9.17, 15) is 4.79 Å². The van der Waals surface area contributed by atoms with Crippen LogP contribution in [0.3, 0.4) is 0 Å². The number of unbranched alkanes of at least 4 members (excludes halogenated alkanes) is 1. The zero-order valence-electron chi connectivity index (χ0n) is 15.7. The molecule has 3 heterocycles. The molecule has 1 N–H and O–H groups in total. The van der Waals surface area contributed by atoms with E-state index in [1.165, 1.54) is 0 Å². The molecule has 0 bridgehead atoms. The SMILES string of the molecule is CCCCN(Cc1cc(-c2ccco2)on1)Cc1nc2ccccc2c(=O)[nH]1. The molecule has 7 nitrogen and oxygen atoms in total. The van der Waals surface area contributed by atoms with E-state index in [0.29, 0.717) is 41.3 Å². The van der Waals surface area contributed by atoms with Gasteiger partial charge in [0.1, 0.15) is 5.82 Å². The second-order valence-electron chi connectivity index (χ2n) is 6.75. The number of hydrogen-bond acceptors (Lipinski definition) is 6. The summed E-state index contributed by atoms with van der Waals surface area (Å²) in [6.45, 7) is 4.15. The molecule has 144 valence electrons. The van der Waals surface area contributed by atoms with Gasteiger partial charge in [-0.3, -0.25) is 9.69 Å². The molecule has 4 aromatic rings. The smallest absolute Gasteiger partial charge is 0.258 e. The molecule has 0 unspecified atom stereocenters. The number of para-hydroxylation sites is 1. The van der Waals surface area contributed by atoms with Crippen LogP contribution in [0.5, 0.6) is 0 Å². The van der Waals surface area contributed by atoms with Crippen LogP contribution in [-0.4, -0.2) is 26.6 Å². The van der Waals surface area contributed by atoms with Gasteiger partial charge in [0, 0.05) is 12.6 Å². The van der Waals surface area contributed by atoms with Crippen LogP contribution in [0.25, 0.3) is 22.4 Å². The normalized spacial score (nSPS) is 11.5. The first kappa shape index (κ1) is 18.2. The highest BCUT2D eigenvalue weighted by molar-refractivity contribution is 5.77.